The average Bonchev–Trinajstić information content (AvgIpc) is 2.40. The standard InChI is InChI=1S/C14H24N2O2/c1-3-5-7-11-17-13-9-10-15-14(16-13)18-12-8-6-4-2/h9-10H,3-8,11-12H2,1-2H3. The summed E-state index contributed by atoms with van der Waals surface area (Å²) in [6.07, 6.45) is 8.52. The highest BCUT2D eigenvalue weighted by Crippen LogP contribution is 2.11. The molecule has 0 aliphatic carbocycles. The van der Waals surface area contributed by atoms with Crippen molar-refractivity contribution in [2.24, 2.45) is 0 Å². The van der Waals surface area contributed by atoms with Gasteiger partial charge in [0, 0.05) is 12.3 Å². The van der Waals surface area contributed by atoms with Crippen LogP contribution in [0.5, 0.6) is 11.9 Å². The highest BCUT2D eigenvalue weighted by molar-refractivity contribution is 5.10. The van der Waals surface area contributed by atoms with Crippen LogP contribution in [0.3, 0.4) is 0 Å². The van der Waals surface area contributed by atoms with Crippen LogP contribution in [0.15, 0.2) is 12.3 Å². The lowest BCUT2D eigenvalue weighted by Gasteiger charge is -2.07. The van der Waals surface area contributed by atoms with Gasteiger partial charge in [0.2, 0.25) is 5.88 Å². The average molecular weight is 252 g/mol. The molecule has 1 aromatic rings. The second-order valence-corrected chi connectivity index (χ2v) is 4.29. The van der Waals surface area contributed by atoms with Crippen LogP contribution < -0.4 is 9.47 Å². The molecule has 0 amide bonds. The summed E-state index contributed by atoms with van der Waals surface area (Å²) in [5, 5.41) is 0. The van der Waals surface area contributed by atoms with Gasteiger partial charge in [-0.2, -0.15) is 4.98 Å². The summed E-state index contributed by atoms with van der Waals surface area (Å²) in [6.45, 7) is 5.72. The first-order valence-corrected chi connectivity index (χ1v) is 6.95. The van der Waals surface area contributed by atoms with Crippen molar-refractivity contribution in [3.05, 3.63) is 12.3 Å². The molecule has 0 bridgehead atoms. The second kappa shape index (κ2) is 9.68. The van der Waals surface area contributed by atoms with Crippen LogP contribution in [0.4, 0.5) is 0 Å². The molecule has 0 fully saturated rings. The minimum atomic E-state index is 0.416. The third-order valence-corrected chi connectivity index (χ3v) is 2.58. The van der Waals surface area contributed by atoms with Crippen LogP contribution in [0.2, 0.25) is 0 Å². The van der Waals surface area contributed by atoms with Crippen molar-refractivity contribution in [3.63, 3.8) is 0 Å². The van der Waals surface area contributed by atoms with Crippen LogP contribution in [0.1, 0.15) is 52.4 Å². The summed E-state index contributed by atoms with van der Waals surface area (Å²) in [4.78, 5) is 8.28. The van der Waals surface area contributed by atoms with Crippen LogP contribution in [0, 0.1) is 0 Å². The number of nitrogens with zero attached hydrogens (tertiary/aromatic N) is 2. The Morgan fingerprint density at radius 1 is 0.944 bits per heavy atom. The summed E-state index contributed by atoms with van der Waals surface area (Å²) in [5.41, 5.74) is 0. The highest BCUT2D eigenvalue weighted by Gasteiger charge is 2.01. The molecule has 4 nitrogen and oxygen atoms in total. The minimum absolute atomic E-state index is 0.416. The molecule has 0 spiro atoms. The normalized spacial score (nSPS) is 10.3. The van der Waals surface area contributed by atoms with Gasteiger partial charge in [0.1, 0.15) is 0 Å². The summed E-state index contributed by atoms with van der Waals surface area (Å²) in [6, 6.07) is 2.18. The molecule has 4 heteroatoms. The van der Waals surface area contributed by atoms with Gasteiger partial charge in [-0.25, -0.2) is 4.98 Å². The Bertz CT molecular complexity index is 291. The fraction of sp³-hybridized carbons (Fsp3) is 0.714. The van der Waals surface area contributed by atoms with Gasteiger partial charge in [-0.3, -0.25) is 0 Å². The smallest absolute Gasteiger partial charge is 0.319 e. The molecule has 1 heterocycles. The molecule has 0 unspecified atom stereocenters. The maximum absolute atomic E-state index is 5.55. The first-order chi connectivity index (χ1) is 8.86. The van der Waals surface area contributed by atoms with E-state index in [2.05, 4.69) is 23.8 Å². The summed E-state index contributed by atoms with van der Waals surface area (Å²) >= 11 is 0. The van der Waals surface area contributed by atoms with Gasteiger partial charge < -0.3 is 9.47 Å². The van der Waals surface area contributed by atoms with E-state index in [0.717, 1.165) is 12.8 Å². The molecule has 1 rings (SSSR count). The van der Waals surface area contributed by atoms with Gasteiger partial charge in [0.05, 0.1) is 13.2 Å². The summed E-state index contributed by atoms with van der Waals surface area (Å²) in [7, 11) is 0. The van der Waals surface area contributed by atoms with Crippen molar-refractivity contribution in [1.29, 1.82) is 0 Å². The Hall–Kier alpha value is -1.32. The fourth-order valence-electron chi connectivity index (χ4n) is 1.52. The molecule has 0 atom stereocenters. The van der Waals surface area contributed by atoms with Crippen molar-refractivity contribution in [2.45, 2.75) is 52.4 Å². The number of unbranched alkanes of at least 4 members (excludes halogenated alkanes) is 4. The van der Waals surface area contributed by atoms with E-state index >= 15 is 0 Å². The van der Waals surface area contributed by atoms with Crippen LogP contribution in [-0.4, -0.2) is 23.2 Å². The minimum Gasteiger partial charge on any atom is -0.478 e. The predicted molar refractivity (Wildman–Crippen MR) is 72.1 cm³/mol. The molecule has 0 aliphatic heterocycles. The maximum Gasteiger partial charge on any atom is 0.319 e. The lowest BCUT2D eigenvalue weighted by atomic mass is 10.3. The zero-order valence-corrected chi connectivity index (χ0v) is 11.5. The lowest BCUT2D eigenvalue weighted by Crippen LogP contribution is -2.03. The molecule has 18 heavy (non-hydrogen) atoms. The van der Waals surface area contributed by atoms with E-state index in [1.807, 2.05) is 0 Å². The van der Waals surface area contributed by atoms with E-state index in [0.29, 0.717) is 25.1 Å². The zero-order valence-electron chi connectivity index (χ0n) is 11.5. The Kier molecular flexibility index (Phi) is 7.93. The molecular weight excluding hydrogens is 228 g/mol. The maximum atomic E-state index is 5.55. The van der Waals surface area contributed by atoms with Gasteiger partial charge in [0.25, 0.3) is 0 Å². The molecule has 0 saturated carbocycles. The molecule has 0 aliphatic rings. The van der Waals surface area contributed by atoms with E-state index in [9.17, 15) is 0 Å². The summed E-state index contributed by atoms with van der Waals surface area (Å²) < 4.78 is 11.0. The van der Waals surface area contributed by atoms with Gasteiger partial charge >= 0.3 is 6.01 Å². The van der Waals surface area contributed by atoms with Crippen molar-refractivity contribution in [1.82, 2.24) is 9.97 Å². The van der Waals surface area contributed by atoms with Crippen molar-refractivity contribution < 1.29 is 9.47 Å². The first kappa shape index (κ1) is 14.7. The predicted octanol–water partition coefficient (Wildman–Crippen LogP) is 3.61. The summed E-state index contributed by atoms with van der Waals surface area (Å²) in [5.74, 6) is 0.603. The molecule has 0 saturated heterocycles. The van der Waals surface area contributed by atoms with Gasteiger partial charge in [0.15, 0.2) is 0 Å². The third kappa shape index (κ3) is 6.42. The Labute approximate surface area is 110 Å². The monoisotopic (exact) mass is 252 g/mol. The van der Waals surface area contributed by atoms with Gasteiger partial charge in [-0.1, -0.05) is 39.5 Å². The Morgan fingerprint density at radius 3 is 2.28 bits per heavy atom. The van der Waals surface area contributed by atoms with Crippen LogP contribution >= 0.6 is 0 Å². The topological polar surface area (TPSA) is 44.2 Å². The van der Waals surface area contributed by atoms with Gasteiger partial charge in [-0.05, 0) is 12.8 Å². The highest BCUT2D eigenvalue weighted by atomic mass is 16.5. The molecule has 1 aromatic heterocycles. The number of hydrogen-bond acceptors (Lipinski definition) is 4. The molecule has 0 aromatic carbocycles. The van der Waals surface area contributed by atoms with Crippen molar-refractivity contribution >= 4 is 0 Å². The molecule has 0 radical (unpaired) electrons. The van der Waals surface area contributed by atoms with Crippen molar-refractivity contribution in [3.8, 4) is 11.9 Å². The van der Waals surface area contributed by atoms with E-state index in [-0.39, 0.29) is 0 Å². The van der Waals surface area contributed by atoms with Crippen LogP contribution in [0.25, 0.3) is 0 Å². The van der Waals surface area contributed by atoms with E-state index in [1.54, 1.807) is 12.3 Å². The number of aromatic nitrogens is 2. The van der Waals surface area contributed by atoms with E-state index in [1.165, 1.54) is 25.7 Å². The quantitative estimate of drug-likeness (QED) is 0.597. The largest absolute Gasteiger partial charge is 0.478 e. The fourth-order valence-corrected chi connectivity index (χ4v) is 1.52. The second-order valence-electron chi connectivity index (χ2n) is 4.29. The van der Waals surface area contributed by atoms with Gasteiger partial charge in [-0.15, -0.1) is 0 Å². The lowest BCUT2D eigenvalue weighted by molar-refractivity contribution is 0.262. The van der Waals surface area contributed by atoms with E-state index in [4.69, 9.17) is 9.47 Å². The number of ether oxygens (including phenoxy) is 2. The molecule has 102 valence electrons. The molecule has 0 N–H and O–H groups in total. The molecular formula is C14H24N2O2. The Balaban J connectivity index is 2.27. The van der Waals surface area contributed by atoms with Crippen molar-refractivity contribution in [2.75, 3.05) is 13.2 Å². The first-order valence-electron chi connectivity index (χ1n) is 6.95. The number of hydrogen-bond donors (Lipinski definition) is 0. The SMILES string of the molecule is CCCCCOc1ccnc(OCCCCC)n1. The van der Waals surface area contributed by atoms with E-state index < -0.39 is 0 Å². The zero-order chi connectivity index (χ0) is 13.1. The Morgan fingerprint density at radius 2 is 1.61 bits per heavy atom. The third-order valence-electron chi connectivity index (χ3n) is 2.58. The number of rotatable bonds is 10. The van der Waals surface area contributed by atoms with Crippen LogP contribution in [-0.2, 0) is 0 Å².